The summed E-state index contributed by atoms with van der Waals surface area (Å²) < 4.78 is 5.25. The summed E-state index contributed by atoms with van der Waals surface area (Å²) in [5.41, 5.74) is 1.82. The van der Waals surface area contributed by atoms with Crippen LogP contribution in [0.2, 0.25) is 0 Å². The van der Waals surface area contributed by atoms with Gasteiger partial charge >= 0.3 is 0 Å². The molecule has 1 fully saturated rings. The van der Waals surface area contributed by atoms with E-state index in [0.717, 1.165) is 41.5 Å². The Kier molecular flexibility index (Phi) is 5.83. The molecular formula is C22H29N5O2. The van der Waals surface area contributed by atoms with Gasteiger partial charge in [-0.3, -0.25) is 4.79 Å². The van der Waals surface area contributed by atoms with Gasteiger partial charge in [0.05, 0.1) is 25.8 Å². The van der Waals surface area contributed by atoms with Gasteiger partial charge in [0.15, 0.2) is 0 Å². The fourth-order valence-corrected chi connectivity index (χ4v) is 4.23. The molecule has 1 aromatic carbocycles. The van der Waals surface area contributed by atoms with Crippen LogP contribution in [0.4, 0.5) is 17.3 Å². The number of methoxy groups -OCH3 is 1. The van der Waals surface area contributed by atoms with Crippen LogP contribution < -0.4 is 19.9 Å². The number of rotatable bonds is 4. The lowest BCUT2D eigenvalue weighted by atomic mass is 10.1. The Labute approximate surface area is 172 Å². The molecule has 1 aliphatic carbocycles. The van der Waals surface area contributed by atoms with E-state index >= 15 is 0 Å². The van der Waals surface area contributed by atoms with E-state index in [0.29, 0.717) is 12.6 Å². The van der Waals surface area contributed by atoms with Crippen LogP contribution in [-0.4, -0.2) is 42.6 Å². The lowest BCUT2D eigenvalue weighted by molar-refractivity contribution is -0.117. The lowest BCUT2D eigenvalue weighted by Gasteiger charge is -2.23. The molecule has 0 spiro atoms. The number of carbonyl (C=O) groups excluding carboxylic acids is 1. The van der Waals surface area contributed by atoms with Crippen molar-refractivity contribution < 1.29 is 9.53 Å². The highest BCUT2D eigenvalue weighted by Crippen LogP contribution is 2.32. The zero-order chi connectivity index (χ0) is 20.2. The molecule has 4 rings (SSSR count). The molecule has 1 aromatic heterocycles. The molecule has 29 heavy (non-hydrogen) atoms. The van der Waals surface area contributed by atoms with Crippen molar-refractivity contribution >= 4 is 23.2 Å². The number of nitrogens with one attached hydrogen (secondary N) is 1. The van der Waals surface area contributed by atoms with Crippen LogP contribution in [0.15, 0.2) is 30.6 Å². The number of hydrogen-bond acceptors (Lipinski definition) is 6. The number of carbonyl (C=O) groups is 1. The van der Waals surface area contributed by atoms with Gasteiger partial charge in [-0.2, -0.15) is 0 Å². The summed E-state index contributed by atoms with van der Waals surface area (Å²) in [4.78, 5) is 25.8. The Bertz CT molecular complexity index is 847. The van der Waals surface area contributed by atoms with Gasteiger partial charge in [0.1, 0.15) is 23.7 Å². The van der Waals surface area contributed by atoms with Gasteiger partial charge in [0, 0.05) is 18.8 Å². The van der Waals surface area contributed by atoms with Crippen LogP contribution in [0.1, 0.15) is 44.1 Å². The van der Waals surface area contributed by atoms with Crippen molar-refractivity contribution in [3.8, 4) is 5.75 Å². The van der Waals surface area contributed by atoms with E-state index in [4.69, 9.17) is 4.74 Å². The number of likely N-dealkylation sites (N-methyl/N-ethyl adjacent to an activating group) is 1. The third-order valence-corrected chi connectivity index (χ3v) is 5.85. The third-order valence-electron chi connectivity index (χ3n) is 5.85. The maximum atomic E-state index is 13.0. The zero-order valence-corrected chi connectivity index (χ0v) is 17.2. The van der Waals surface area contributed by atoms with E-state index in [1.165, 1.54) is 25.7 Å². The average Bonchev–Trinajstić information content (AvgIpc) is 3.07. The fraction of sp³-hybridized carbons (Fsp3) is 0.500. The maximum absolute atomic E-state index is 13.0. The minimum atomic E-state index is 0.0380. The molecule has 2 aliphatic rings. The Morgan fingerprint density at radius 3 is 2.45 bits per heavy atom. The molecule has 0 saturated heterocycles. The number of hydrogen-bond donors (Lipinski definition) is 1. The Morgan fingerprint density at radius 1 is 1.03 bits per heavy atom. The van der Waals surface area contributed by atoms with Gasteiger partial charge in [-0.1, -0.05) is 25.7 Å². The first-order valence-electron chi connectivity index (χ1n) is 10.4. The van der Waals surface area contributed by atoms with Gasteiger partial charge in [-0.15, -0.1) is 0 Å². The second kappa shape index (κ2) is 8.68. The standard InChI is InChI=1S/C22H29N5O2/c1-26-14-20(28)27(17-9-11-18(29-2)12-10-17)13-19-21(23-15-24-22(19)26)25-16-7-5-3-4-6-8-16/h9-12,15-16H,3-8,13-14H2,1-2H3,(H,23,24,25). The minimum Gasteiger partial charge on any atom is -0.497 e. The molecular weight excluding hydrogens is 366 g/mol. The molecule has 2 aromatic rings. The molecule has 1 amide bonds. The Hall–Kier alpha value is -2.83. The van der Waals surface area contributed by atoms with Crippen molar-refractivity contribution in [1.29, 1.82) is 0 Å². The molecule has 1 saturated carbocycles. The first kappa shape index (κ1) is 19.5. The number of anilines is 3. The second-order valence-corrected chi connectivity index (χ2v) is 7.89. The number of fused-ring (bicyclic) bond motifs is 1. The number of aromatic nitrogens is 2. The van der Waals surface area contributed by atoms with Crippen LogP contribution in [0.5, 0.6) is 5.75 Å². The highest BCUT2D eigenvalue weighted by molar-refractivity contribution is 5.97. The van der Waals surface area contributed by atoms with Crippen LogP contribution in [0.25, 0.3) is 0 Å². The van der Waals surface area contributed by atoms with E-state index in [1.54, 1.807) is 13.4 Å². The number of ether oxygens (including phenoxy) is 1. The summed E-state index contributed by atoms with van der Waals surface area (Å²) in [7, 11) is 3.55. The first-order valence-corrected chi connectivity index (χ1v) is 10.4. The topological polar surface area (TPSA) is 70.6 Å². The van der Waals surface area contributed by atoms with Crippen molar-refractivity contribution in [2.24, 2.45) is 0 Å². The molecule has 0 atom stereocenters. The number of amides is 1. The fourth-order valence-electron chi connectivity index (χ4n) is 4.23. The van der Waals surface area contributed by atoms with Gasteiger partial charge < -0.3 is 19.9 Å². The van der Waals surface area contributed by atoms with Crippen LogP contribution in [0, 0.1) is 0 Å². The highest BCUT2D eigenvalue weighted by Gasteiger charge is 2.28. The van der Waals surface area contributed by atoms with Gasteiger partial charge in [0.25, 0.3) is 0 Å². The molecule has 154 valence electrons. The van der Waals surface area contributed by atoms with Crippen LogP contribution in [0.3, 0.4) is 0 Å². The van der Waals surface area contributed by atoms with E-state index in [1.807, 2.05) is 41.1 Å². The van der Waals surface area contributed by atoms with Gasteiger partial charge in [-0.05, 0) is 37.1 Å². The molecule has 0 radical (unpaired) electrons. The summed E-state index contributed by atoms with van der Waals surface area (Å²) in [6, 6.07) is 8.03. The predicted octanol–water partition coefficient (Wildman–Crippen LogP) is 3.60. The summed E-state index contributed by atoms with van der Waals surface area (Å²) in [6.07, 6.45) is 9.04. The smallest absolute Gasteiger partial charge is 0.246 e. The van der Waals surface area contributed by atoms with Crippen LogP contribution >= 0.6 is 0 Å². The van der Waals surface area contributed by atoms with Gasteiger partial charge in [-0.25, -0.2) is 9.97 Å². The van der Waals surface area contributed by atoms with E-state index in [2.05, 4.69) is 15.3 Å². The summed E-state index contributed by atoms with van der Waals surface area (Å²) in [5, 5.41) is 3.67. The SMILES string of the molecule is COc1ccc(N2Cc3c(NC4CCCCCC4)ncnc3N(C)CC2=O)cc1. The summed E-state index contributed by atoms with van der Waals surface area (Å²) >= 11 is 0. The monoisotopic (exact) mass is 395 g/mol. The van der Waals surface area contributed by atoms with E-state index in [-0.39, 0.29) is 12.5 Å². The Balaban J connectivity index is 1.65. The van der Waals surface area contributed by atoms with Crippen LogP contribution in [-0.2, 0) is 11.3 Å². The third kappa shape index (κ3) is 4.28. The molecule has 0 bridgehead atoms. The zero-order valence-electron chi connectivity index (χ0n) is 17.2. The van der Waals surface area contributed by atoms with E-state index in [9.17, 15) is 4.79 Å². The van der Waals surface area contributed by atoms with Gasteiger partial charge in [0.2, 0.25) is 5.91 Å². The molecule has 7 nitrogen and oxygen atoms in total. The molecule has 2 heterocycles. The van der Waals surface area contributed by atoms with Crippen molar-refractivity contribution in [3.05, 3.63) is 36.2 Å². The quantitative estimate of drug-likeness (QED) is 0.798. The first-order chi connectivity index (χ1) is 14.2. The maximum Gasteiger partial charge on any atom is 0.246 e. The average molecular weight is 396 g/mol. The highest BCUT2D eigenvalue weighted by atomic mass is 16.5. The number of nitrogens with zero attached hydrogens (tertiary/aromatic N) is 4. The second-order valence-electron chi connectivity index (χ2n) is 7.89. The largest absolute Gasteiger partial charge is 0.497 e. The molecule has 0 unspecified atom stereocenters. The van der Waals surface area contributed by atoms with Crippen molar-refractivity contribution in [1.82, 2.24) is 9.97 Å². The molecule has 7 heteroatoms. The Morgan fingerprint density at radius 2 is 1.76 bits per heavy atom. The normalized spacial score (nSPS) is 18.1. The van der Waals surface area contributed by atoms with Crippen molar-refractivity contribution in [3.63, 3.8) is 0 Å². The van der Waals surface area contributed by atoms with Crippen molar-refractivity contribution in [2.45, 2.75) is 51.1 Å². The summed E-state index contributed by atoms with van der Waals surface area (Å²) in [6.45, 7) is 0.722. The number of benzene rings is 1. The predicted molar refractivity (Wildman–Crippen MR) is 115 cm³/mol. The van der Waals surface area contributed by atoms with E-state index < -0.39 is 0 Å². The minimum absolute atomic E-state index is 0.0380. The lowest BCUT2D eigenvalue weighted by Crippen LogP contribution is -2.35. The summed E-state index contributed by atoms with van der Waals surface area (Å²) in [5.74, 6) is 2.48. The molecule has 1 N–H and O–H groups in total. The molecule has 1 aliphatic heterocycles. The van der Waals surface area contributed by atoms with Crippen molar-refractivity contribution in [2.75, 3.05) is 35.8 Å².